The Morgan fingerprint density at radius 3 is 2.06 bits per heavy atom. The van der Waals surface area contributed by atoms with Crippen molar-refractivity contribution >= 4 is 39.1 Å². The van der Waals surface area contributed by atoms with Crippen LogP contribution in [-0.2, 0) is 4.79 Å². The average molecular weight is 305 g/mol. The fourth-order valence-corrected chi connectivity index (χ4v) is 16.9. The normalized spacial score (nSPS) is 21.8. The van der Waals surface area contributed by atoms with E-state index in [1.54, 1.807) is 0 Å². The number of hydrogen-bond acceptors (Lipinski definition) is 3. The Bertz CT molecular complexity index is 349. The molecule has 2 amide bonds. The van der Waals surface area contributed by atoms with Gasteiger partial charge in [-0.1, -0.05) is 51.0 Å². The van der Waals surface area contributed by atoms with Crippen molar-refractivity contribution in [1.29, 1.82) is 0 Å². The van der Waals surface area contributed by atoms with Gasteiger partial charge >= 0.3 is 0 Å². The van der Waals surface area contributed by atoms with Gasteiger partial charge in [0.05, 0.1) is 16.1 Å². The Morgan fingerprint density at radius 2 is 1.72 bits per heavy atom. The van der Waals surface area contributed by atoms with Crippen LogP contribution in [-0.4, -0.2) is 49.3 Å². The van der Waals surface area contributed by atoms with Gasteiger partial charge in [0.25, 0.3) is 5.24 Å². The van der Waals surface area contributed by atoms with Crippen molar-refractivity contribution in [2.45, 2.75) is 50.6 Å². The van der Waals surface area contributed by atoms with Crippen molar-refractivity contribution in [2.24, 2.45) is 5.73 Å². The molecular weight excluding hydrogens is 280 g/mol. The lowest BCUT2D eigenvalue weighted by Gasteiger charge is -2.45. The van der Waals surface area contributed by atoms with Crippen LogP contribution in [0.5, 0.6) is 0 Å². The second-order valence-electron chi connectivity index (χ2n) is 7.04. The molecule has 4 nitrogen and oxygen atoms in total. The average Bonchev–Trinajstić information content (AvgIpc) is 2.43. The molecule has 0 bridgehead atoms. The van der Waals surface area contributed by atoms with Gasteiger partial charge in [0.2, 0.25) is 5.91 Å². The Kier molecular flexibility index (Phi) is 4.39. The van der Waals surface area contributed by atoms with E-state index in [0.717, 1.165) is 0 Å². The molecule has 0 spiro atoms. The highest BCUT2D eigenvalue weighted by Gasteiger charge is 2.49. The summed E-state index contributed by atoms with van der Waals surface area (Å²) in [5.74, 6) is 0.148. The summed E-state index contributed by atoms with van der Waals surface area (Å²) < 4.78 is 0. The van der Waals surface area contributed by atoms with Gasteiger partial charge < -0.3 is 10.6 Å². The number of amides is 2. The highest BCUT2D eigenvalue weighted by atomic mass is 32.2. The van der Waals surface area contributed by atoms with E-state index in [0.29, 0.717) is 5.75 Å². The van der Waals surface area contributed by atoms with E-state index in [2.05, 4.69) is 39.3 Å². The lowest BCUT2D eigenvalue weighted by atomic mass is 10.3. The topological polar surface area (TPSA) is 63.4 Å². The van der Waals surface area contributed by atoms with Crippen LogP contribution in [0.15, 0.2) is 0 Å². The maximum absolute atomic E-state index is 12.1. The van der Waals surface area contributed by atoms with E-state index in [1.807, 2.05) is 4.90 Å². The molecule has 1 fully saturated rings. The van der Waals surface area contributed by atoms with Gasteiger partial charge in [-0.25, -0.2) is 0 Å². The van der Waals surface area contributed by atoms with Gasteiger partial charge in [-0.3, -0.25) is 9.59 Å². The smallest absolute Gasteiger partial charge is 0.282 e. The summed E-state index contributed by atoms with van der Waals surface area (Å²) in [7, 11) is -3.14. The zero-order chi connectivity index (χ0) is 14.3. The van der Waals surface area contributed by atoms with Crippen LogP contribution in [0.25, 0.3) is 0 Å². The molecule has 0 aromatic heterocycles. The second-order valence-corrected chi connectivity index (χ2v) is 19.1. The molecule has 0 aromatic rings. The first kappa shape index (κ1) is 15.8. The number of nitrogens with zero attached hydrogens (tertiary/aromatic N) is 1. The summed E-state index contributed by atoms with van der Waals surface area (Å²) in [5, 5.41) is 0.290. The molecule has 0 aromatic carbocycles. The number of nitrogens with two attached hydrogens (primary N) is 1. The van der Waals surface area contributed by atoms with Crippen LogP contribution in [0.2, 0.25) is 39.3 Å². The lowest BCUT2D eigenvalue weighted by molar-refractivity contribution is -0.121. The zero-order valence-corrected chi connectivity index (χ0v) is 14.9. The SMILES string of the molecule is C[Si](C)(C)C(N1C(=O)SCC1C(N)=O)[Si](C)(C)C. The third kappa shape index (κ3) is 3.18. The molecule has 18 heavy (non-hydrogen) atoms. The van der Waals surface area contributed by atoms with Crippen LogP contribution in [0.1, 0.15) is 0 Å². The molecule has 7 heteroatoms. The molecule has 1 saturated heterocycles. The molecule has 0 radical (unpaired) electrons. The second kappa shape index (κ2) is 5.01. The molecule has 0 saturated carbocycles. The fraction of sp³-hybridized carbons (Fsp3) is 0.818. The summed E-state index contributed by atoms with van der Waals surface area (Å²) in [4.78, 5) is 25.5. The zero-order valence-electron chi connectivity index (χ0n) is 12.1. The van der Waals surface area contributed by atoms with Gasteiger partial charge in [0.15, 0.2) is 0 Å². The number of carbonyl (C=O) groups is 2. The first-order valence-corrected chi connectivity index (χ1v) is 14.3. The molecule has 1 heterocycles. The third-order valence-corrected chi connectivity index (χ3v) is 13.1. The van der Waals surface area contributed by atoms with E-state index in [4.69, 9.17) is 5.73 Å². The van der Waals surface area contributed by atoms with E-state index in [1.165, 1.54) is 11.8 Å². The standard InChI is InChI=1S/C11H24N2O2SSi2/c1-17(2,3)11(18(4,5)6)13-8(9(12)14)7-16-10(13)15/h8,11H,7H2,1-6H3,(H2,12,14). The van der Waals surface area contributed by atoms with Gasteiger partial charge in [-0.15, -0.1) is 0 Å². The minimum Gasteiger partial charge on any atom is -0.368 e. The largest absolute Gasteiger partial charge is 0.368 e. The van der Waals surface area contributed by atoms with Gasteiger partial charge in [-0.05, 0) is 0 Å². The molecule has 1 aliphatic rings. The third-order valence-electron chi connectivity index (χ3n) is 3.16. The quantitative estimate of drug-likeness (QED) is 0.809. The first-order valence-electron chi connectivity index (χ1n) is 6.20. The summed E-state index contributed by atoms with van der Waals surface area (Å²) >= 11 is 1.23. The van der Waals surface area contributed by atoms with Gasteiger partial charge in [0.1, 0.15) is 6.04 Å². The predicted molar refractivity (Wildman–Crippen MR) is 83.2 cm³/mol. The molecule has 1 atom stereocenters. The number of hydrogen-bond donors (Lipinski definition) is 1. The van der Waals surface area contributed by atoms with E-state index in [-0.39, 0.29) is 16.4 Å². The molecule has 104 valence electrons. The summed E-state index contributed by atoms with van der Waals surface area (Å²) in [6.45, 7) is 13.6. The fourth-order valence-electron chi connectivity index (χ4n) is 3.07. The van der Waals surface area contributed by atoms with Crippen LogP contribution >= 0.6 is 11.8 Å². The van der Waals surface area contributed by atoms with E-state index in [9.17, 15) is 9.59 Å². The molecular formula is C11H24N2O2SSi2. The Labute approximate surface area is 116 Å². The van der Waals surface area contributed by atoms with Crippen LogP contribution < -0.4 is 5.73 Å². The van der Waals surface area contributed by atoms with Crippen molar-refractivity contribution in [3.8, 4) is 0 Å². The number of rotatable bonds is 4. The Balaban J connectivity index is 3.19. The van der Waals surface area contributed by atoms with Crippen molar-refractivity contribution in [3.05, 3.63) is 0 Å². The number of carbonyl (C=O) groups excluding carboxylic acids is 2. The van der Waals surface area contributed by atoms with Crippen molar-refractivity contribution in [3.63, 3.8) is 0 Å². The molecule has 1 unspecified atom stereocenters. The molecule has 0 aliphatic carbocycles. The highest BCUT2D eigenvalue weighted by molar-refractivity contribution is 8.14. The van der Waals surface area contributed by atoms with Crippen LogP contribution in [0.4, 0.5) is 4.79 Å². The Morgan fingerprint density at radius 1 is 1.28 bits per heavy atom. The maximum atomic E-state index is 12.1. The number of primary amides is 1. The highest BCUT2D eigenvalue weighted by Crippen LogP contribution is 2.34. The van der Waals surface area contributed by atoms with Gasteiger partial charge in [-0.2, -0.15) is 0 Å². The van der Waals surface area contributed by atoms with Crippen molar-refractivity contribution in [1.82, 2.24) is 4.90 Å². The summed E-state index contributed by atoms with van der Waals surface area (Å²) in [6, 6.07) is -0.411. The molecule has 2 N–H and O–H groups in total. The number of thioether (sulfide) groups is 1. The minimum atomic E-state index is -1.57. The summed E-state index contributed by atoms with van der Waals surface area (Å²) in [6.07, 6.45) is 0. The van der Waals surface area contributed by atoms with Crippen molar-refractivity contribution < 1.29 is 9.59 Å². The molecule has 1 rings (SSSR count). The minimum absolute atomic E-state index is 0.0358. The van der Waals surface area contributed by atoms with Crippen LogP contribution in [0, 0.1) is 0 Å². The monoisotopic (exact) mass is 304 g/mol. The maximum Gasteiger partial charge on any atom is 0.282 e. The van der Waals surface area contributed by atoms with E-state index >= 15 is 0 Å². The van der Waals surface area contributed by atoms with Crippen LogP contribution in [0.3, 0.4) is 0 Å². The van der Waals surface area contributed by atoms with Gasteiger partial charge in [0, 0.05) is 11.0 Å². The van der Waals surface area contributed by atoms with E-state index < -0.39 is 22.2 Å². The van der Waals surface area contributed by atoms with Crippen molar-refractivity contribution in [2.75, 3.05) is 5.75 Å². The predicted octanol–water partition coefficient (Wildman–Crippen LogP) is 2.13. The molecule has 1 aliphatic heterocycles. The first-order chi connectivity index (χ1) is 7.96. The summed E-state index contributed by atoms with van der Waals surface area (Å²) in [5.41, 5.74) is 5.46. The lowest BCUT2D eigenvalue weighted by Crippen LogP contribution is -2.66. The Hall–Kier alpha value is -0.276.